The number of amides is 4. The number of para-hydroxylation sites is 1. The van der Waals surface area contributed by atoms with E-state index in [-0.39, 0.29) is 5.57 Å². The van der Waals surface area contributed by atoms with Gasteiger partial charge in [-0.15, -0.1) is 0 Å². The summed E-state index contributed by atoms with van der Waals surface area (Å²) in [5.41, 5.74) is 4.97. The number of aryl methyl sites for hydroxylation is 3. The Morgan fingerprint density at radius 2 is 1.61 bits per heavy atom. The molecule has 6 nitrogen and oxygen atoms in total. The maximum Gasteiger partial charge on any atom is 0.335 e. The van der Waals surface area contributed by atoms with Crippen molar-refractivity contribution in [3.63, 3.8) is 0 Å². The highest BCUT2D eigenvalue weighted by atomic mass is 16.5. The Labute approximate surface area is 192 Å². The highest BCUT2D eigenvalue weighted by Gasteiger charge is 2.37. The maximum atomic E-state index is 13.2. The van der Waals surface area contributed by atoms with Crippen LogP contribution in [0.15, 0.2) is 72.3 Å². The average Bonchev–Trinajstić information content (AvgIpc) is 2.79. The quantitative estimate of drug-likeness (QED) is 0.454. The number of barbiturate groups is 1. The molecule has 1 aliphatic heterocycles. The molecule has 0 radical (unpaired) electrons. The van der Waals surface area contributed by atoms with Gasteiger partial charge in [0.05, 0.1) is 5.69 Å². The first-order valence-corrected chi connectivity index (χ1v) is 10.6. The van der Waals surface area contributed by atoms with E-state index in [9.17, 15) is 14.4 Å². The number of rotatable bonds is 5. The average molecular weight is 440 g/mol. The second kappa shape index (κ2) is 9.12. The van der Waals surface area contributed by atoms with E-state index < -0.39 is 17.8 Å². The normalized spacial score (nSPS) is 15.1. The van der Waals surface area contributed by atoms with Crippen LogP contribution in [-0.2, 0) is 16.2 Å². The highest BCUT2D eigenvalue weighted by Crippen LogP contribution is 2.27. The van der Waals surface area contributed by atoms with E-state index >= 15 is 0 Å². The van der Waals surface area contributed by atoms with Gasteiger partial charge in [0.25, 0.3) is 11.8 Å². The summed E-state index contributed by atoms with van der Waals surface area (Å²) in [4.78, 5) is 39.2. The lowest BCUT2D eigenvalue weighted by Crippen LogP contribution is -2.54. The number of nitrogens with one attached hydrogen (secondary N) is 1. The lowest BCUT2D eigenvalue weighted by atomic mass is 10.0. The molecule has 166 valence electrons. The number of carbonyl (C=O) groups excluding carboxylic acids is 3. The van der Waals surface area contributed by atoms with Crippen LogP contribution in [0.5, 0.6) is 5.75 Å². The minimum atomic E-state index is -0.769. The van der Waals surface area contributed by atoms with Crippen LogP contribution in [0, 0.1) is 20.8 Å². The Balaban J connectivity index is 1.64. The van der Waals surface area contributed by atoms with Crippen LogP contribution in [0.4, 0.5) is 10.5 Å². The van der Waals surface area contributed by atoms with Crippen molar-refractivity contribution >= 4 is 29.6 Å². The Bertz CT molecular complexity index is 1280. The van der Waals surface area contributed by atoms with Crippen LogP contribution in [0.3, 0.4) is 0 Å². The van der Waals surface area contributed by atoms with Gasteiger partial charge in [-0.25, -0.2) is 9.69 Å². The molecule has 0 atom stereocenters. The molecule has 1 N–H and O–H groups in total. The molecule has 4 amide bonds. The Hall–Kier alpha value is -4.19. The number of hydrogen-bond acceptors (Lipinski definition) is 4. The van der Waals surface area contributed by atoms with E-state index in [0.717, 1.165) is 27.2 Å². The van der Waals surface area contributed by atoms with Crippen LogP contribution in [0.1, 0.15) is 27.8 Å². The van der Waals surface area contributed by atoms with E-state index in [2.05, 4.69) is 5.32 Å². The third kappa shape index (κ3) is 4.70. The van der Waals surface area contributed by atoms with Gasteiger partial charge in [-0.05, 0) is 61.7 Å². The van der Waals surface area contributed by atoms with Crippen LogP contribution in [0.25, 0.3) is 6.08 Å². The third-order valence-electron chi connectivity index (χ3n) is 5.58. The van der Waals surface area contributed by atoms with E-state index in [1.165, 1.54) is 6.08 Å². The molecule has 1 aliphatic rings. The van der Waals surface area contributed by atoms with Crippen LogP contribution >= 0.6 is 0 Å². The molecule has 3 aromatic rings. The van der Waals surface area contributed by atoms with Gasteiger partial charge < -0.3 is 4.74 Å². The summed E-state index contributed by atoms with van der Waals surface area (Å²) in [6.45, 7) is 6.20. The smallest absolute Gasteiger partial charge is 0.335 e. The molecule has 0 spiro atoms. The van der Waals surface area contributed by atoms with Crippen molar-refractivity contribution in [2.75, 3.05) is 4.90 Å². The van der Waals surface area contributed by atoms with Crippen molar-refractivity contribution in [1.29, 1.82) is 0 Å². The van der Waals surface area contributed by atoms with Crippen molar-refractivity contribution in [3.8, 4) is 5.75 Å². The van der Waals surface area contributed by atoms with Crippen molar-refractivity contribution in [2.24, 2.45) is 0 Å². The van der Waals surface area contributed by atoms with Gasteiger partial charge in [0.2, 0.25) is 0 Å². The number of nitrogens with zero attached hydrogens (tertiary/aromatic N) is 1. The minimum Gasteiger partial charge on any atom is -0.488 e. The second-order valence-electron chi connectivity index (χ2n) is 8.04. The SMILES string of the molecule is Cc1ccc(COc2ccccc2/C=C2\C(=O)NC(=O)N(c3ccc(C)c(C)c3)C2=O)cc1. The van der Waals surface area contributed by atoms with Gasteiger partial charge in [-0.2, -0.15) is 0 Å². The molecule has 6 heteroatoms. The largest absolute Gasteiger partial charge is 0.488 e. The van der Waals surface area contributed by atoms with Crippen LogP contribution < -0.4 is 15.0 Å². The van der Waals surface area contributed by atoms with Gasteiger partial charge in [-0.3, -0.25) is 14.9 Å². The molecule has 33 heavy (non-hydrogen) atoms. The van der Waals surface area contributed by atoms with Gasteiger partial charge in [0.1, 0.15) is 17.9 Å². The third-order valence-corrected chi connectivity index (χ3v) is 5.58. The fraction of sp³-hybridized carbons (Fsp3) is 0.148. The fourth-order valence-electron chi connectivity index (χ4n) is 3.49. The van der Waals surface area contributed by atoms with Crippen molar-refractivity contribution in [2.45, 2.75) is 27.4 Å². The van der Waals surface area contributed by atoms with Gasteiger partial charge >= 0.3 is 6.03 Å². The molecule has 0 unspecified atom stereocenters. The summed E-state index contributed by atoms with van der Waals surface area (Å²) < 4.78 is 5.97. The molecule has 0 aliphatic carbocycles. The molecule has 1 fully saturated rings. The van der Waals surface area contributed by atoms with E-state index in [1.54, 1.807) is 30.3 Å². The fourth-order valence-corrected chi connectivity index (χ4v) is 3.49. The first-order valence-electron chi connectivity index (χ1n) is 10.6. The number of carbonyl (C=O) groups is 3. The Kier molecular flexibility index (Phi) is 6.09. The molecule has 0 saturated carbocycles. The molecule has 3 aromatic carbocycles. The van der Waals surface area contributed by atoms with Crippen LogP contribution in [0.2, 0.25) is 0 Å². The Morgan fingerprint density at radius 3 is 2.33 bits per heavy atom. The first-order chi connectivity index (χ1) is 15.8. The summed E-state index contributed by atoms with van der Waals surface area (Å²) >= 11 is 0. The van der Waals surface area contributed by atoms with Gasteiger partial charge in [0, 0.05) is 5.56 Å². The van der Waals surface area contributed by atoms with E-state index in [4.69, 9.17) is 4.74 Å². The summed E-state index contributed by atoms with van der Waals surface area (Å²) in [6.07, 6.45) is 1.46. The maximum absolute atomic E-state index is 13.2. The number of hydrogen-bond donors (Lipinski definition) is 1. The standard InChI is InChI=1S/C27H24N2O4/c1-17-8-11-20(12-9-17)16-33-24-7-5-4-6-21(24)15-23-25(30)28-27(32)29(26(23)31)22-13-10-18(2)19(3)14-22/h4-15H,16H2,1-3H3,(H,28,30,32)/b23-15+. The van der Waals surface area contributed by atoms with Crippen LogP contribution in [-0.4, -0.2) is 17.8 Å². The summed E-state index contributed by atoms with van der Waals surface area (Å²) in [5, 5.41) is 2.26. The number of imide groups is 2. The van der Waals surface area contributed by atoms with Gasteiger partial charge in [-0.1, -0.05) is 54.1 Å². The second-order valence-corrected chi connectivity index (χ2v) is 8.04. The predicted molar refractivity (Wildman–Crippen MR) is 127 cm³/mol. The molecule has 4 rings (SSSR count). The molecule has 0 aromatic heterocycles. The van der Waals surface area contributed by atoms with Crippen molar-refractivity contribution < 1.29 is 19.1 Å². The molecular formula is C27H24N2O4. The molecular weight excluding hydrogens is 416 g/mol. The number of urea groups is 1. The van der Waals surface area contributed by atoms with Gasteiger partial charge in [0.15, 0.2) is 0 Å². The molecule has 1 heterocycles. The number of ether oxygens (including phenoxy) is 1. The zero-order chi connectivity index (χ0) is 23.5. The molecule has 1 saturated heterocycles. The highest BCUT2D eigenvalue weighted by molar-refractivity contribution is 6.39. The molecule has 0 bridgehead atoms. The van der Waals surface area contributed by atoms with Crippen molar-refractivity contribution in [1.82, 2.24) is 5.32 Å². The number of benzene rings is 3. The zero-order valence-corrected chi connectivity index (χ0v) is 18.7. The minimum absolute atomic E-state index is 0.140. The summed E-state index contributed by atoms with van der Waals surface area (Å²) in [6, 6.07) is 19.6. The van der Waals surface area contributed by atoms with Crippen molar-refractivity contribution in [3.05, 3.63) is 100 Å². The predicted octanol–water partition coefficient (Wildman–Crippen LogP) is 4.86. The Morgan fingerprint density at radius 1 is 0.879 bits per heavy atom. The lowest BCUT2D eigenvalue weighted by molar-refractivity contribution is -0.122. The van der Waals surface area contributed by atoms with E-state index in [0.29, 0.717) is 23.6 Å². The topological polar surface area (TPSA) is 75.7 Å². The zero-order valence-electron chi connectivity index (χ0n) is 18.7. The monoisotopic (exact) mass is 440 g/mol. The van der Waals surface area contributed by atoms with E-state index in [1.807, 2.05) is 57.2 Å². The number of anilines is 1. The summed E-state index contributed by atoms with van der Waals surface area (Å²) in [5.74, 6) is -0.889. The summed E-state index contributed by atoms with van der Waals surface area (Å²) in [7, 11) is 0. The lowest BCUT2D eigenvalue weighted by Gasteiger charge is -2.27. The first kappa shape index (κ1) is 22.0.